The van der Waals surface area contributed by atoms with Crippen LogP contribution in [0.1, 0.15) is 12.0 Å². The first-order chi connectivity index (χ1) is 10.2. The lowest BCUT2D eigenvalue weighted by atomic mass is 9.63. The number of nitrogens with zero attached hydrogens (tertiary/aromatic N) is 1. The van der Waals surface area contributed by atoms with E-state index in [2.05, 4.69) is 12.2 Å². The van der Waals surface area contributed by atoms with Gasteiger partial charge in [0.25, 0.3) is 0 Å². The Labute approximate surface area is 123 Å². The molecular formula is C18H17NO2. The molecule has 1 aromatic rings. The third kappa shape index (κ3) is 1.34. The molecule has 5 aliphatic rings. The summed E-state index contributed by atoms with van der Waals surface area (Å²) < 4.78 is 0. The lowest BCUT2D eigenvalue weighted by molar-refractivity contribution is -0.124. The summed E-state index contributed by atoms with van der Waals surface area (Å²) in [5.41, 5.74) is 1.82. The first kappa shape index (κ1) is 11.7. The van der Waals surface area contributed by atoms with Gasteiger partial charge < -0.3 is 0 Å². The molecule has 3 heteroatoms. The summed E-state index contributed by atoms with van der Waals surface area (Å²) in [6, 6.07) is 7.71. The van der Waals surface area contributed by atoms with Crippen molar-refractivity contribution in [3.63, 3.8) is 0 Å². The molecule has 0 N–H and O–H groups in total. The van der Waals surface area contributed by atoms with E-state index in [9.17, 15) is 9.59 Å². The van der Waals surface area contributed by atoms with Crippen molar-refractivity contribution in [2.75, 3.05) is 4.90 Å². The van der Waals surface area contributed by atoms with E-state index in [1.807, 2.05) is 31.2 Å². The van der Waals surface area contributed by atoms with Crippen molar-refractivity contribution in [2.45, 2.75) is 13.3 Å². The first-order valence-corrected chi connectivity index (χ1v) is 7.79. The van der Waals surface area contributed by atoms with E-state index in [1.54, 1.807) is 0 Å². The number of hydrogen-bond donors (Lipinski definition) is 0. The van der Waals surface area contributed by atoms with Gasteiger partial charge in [-0.05, 0) is 54.7 Å². The average Bonchev–Trinajstić information content (AvgIpc) is 3.24. The molecule has 3 nitrogen and oxygen atoms in total. The Morgan fingerprint density at radius 3 is 2.19 bits per heavy atom. The predicted molar refractivity (Wildman–Crippen MR) is 78.4 cm³/mol. The van der Waals surface area contributed by atoms with Crippen LogP contribution in [0.15, 0.2) is 36.4 Å². The van der Waals surface area contributed by atoms with E-state index in [0.717, 1.165) is 11.3 Å². The monoisotopic (exact) mass is 279 g/mol. The van der Waals surface area contributed by atoms with Crippen LogP contribution in [0.4, 0.5) is 5.69 Å². The number of anilines is 1. The normalized spacial score (nSPS) is 42.2. The zero-order chi connectivity index (χ0) is 14.3. The maximum absolute atomic E-state index is 12.9. The third-order valence-electron chi connectivity index (χ3n) is 5.92. The van der Waals surface area contributed by atoms with Crippen molar-refractivity contribution in [1.29, 1.82) is 0 Å². The number of benzene rings is 1. The lowest BCUT2D eigenvalue weighted by Crippen LogP contribution is -2.40. The van der Waals surface area contributed by atoms with Crippen LogP contribution < -0.4 is 4.90 Å². The fourth-order valence-electron chi connectivity index (χ4n) is 4.98. The highest BCUT2D eigenvalue weighted by Gasteiger charge is 2.67. The molecule has 106 valence electrons. The first-order valence-electron chi connectivity index (χ1n) is 7.79. The van der Waals surface area contributed by atoms with Crippen LogP contribution in [0.3, 0.4) is 0 Å². The molecule has 6 rings (SSSR count). The quantitative estimate of drug-likeness (QED) is 0.585. The number of hydrogen-bond acceptors (Lipinski definition) is 2. The van der Waals surface area contributed by atoms with Crippen LogP contribution in [0, 0.1) is 42.4 Å². The maximum Gasteiger partial charge on any atom is 0.238 e. The second-order valence-electron chi connectivity index (χ2n) is 7.01. The molecule has 1 saturated heterocycles. The summed E-state index contributed by atoms with van der Waals surface area (Å²) in [6.45, 7) is 1.99. The number of allylic oxidation sites excluding steroid dienone is 2. The van der Waals surface area contributed by atoms with Crippen molar-refractivity contribution < 1.29 is 9.59 Å². The van der Waals surface area contributed by atoms with Crippen LogP contribution >= 0.6 is 0 Å². The fourth-order valence-corrected chi connectivity index (χ4v) is 4.98. The van der Waals surface area contributed by atoms with Gasteiger partial charge in [-0.2, -0.15) is 0 Å². The molecule has 1 heterocycles. The minimum absolute atomic E-state index is 0.0281. The van der Waals surface area contributed by atoms with E-state index < -0.39 is 0 Å². The number of imide groups is 1. The van der Waals surface area contributed by atoms with Gasteiger partial charge in [-0.1, -0.05) is 24.3 Å². The summed E-state index contributed by atoms with van der Waals surface area (Å²) >= 11 is 0. The van der Waals surface area contributed by atoms with Crippen LogP contribution in [0.25, 0.3) is 0 Å². The maximum atomic E-state index is 12.9. The van der Waals surface area contributed by atoms with Gasteiger partial charge in [0, 0.05) is 0 Å². The molecule has 2 bridgehead atoms. The molecule has 0 aromatic heterocycles. The molecular weight excluding hydrogens is 262 g/mol. The smallest absolute Gasteiger partial charge is 0.238 e. The number of carbonyl (C=O) groups excluding carboxylic acids is 2. The zero-order valence-corrected chi connectivity index (χ0v) is 11.9. The minimum atomic E-state index is -0.100. The van der Waals surface area contributed by atoms with Gasteiger partial charge in [-0.15, -0.1) is 0 Å². The second-order valence-corrected chi connectivity index (χ2v) is 7.01. The molecule has 0 unspecified atom stereocenters. The van der Waals surface area contributed by atoms with Gasteiger partial charge in [-0.3, -0.25) is 14.5 Å². The molecule has 21 heavy (non-hydrogen) atoms. The Morgan fingerprint density at radius 1 is 1.00 bits per heavy atom. The van der Waals surface area contributed by atoms with Crippen molar-refractivity contribution in [3.8, 4) is 0 Å². The van der Waals surface area contributed by atoms with Gasteiger partial charge in [0.05, 0.1) is 17.5 Å². The Bertz CT molecular complexity index is 671. The zero-order valence-electron chi connectivity index (χ0n) is 11.9. The topological polar surface area (TPSA) is 37.4 Å². The standard InChI is InChI=1S/C18H17NO2/c1-9-3-2-4-10(7-9)19-17(20)15-11-5-6-12(14-8-13(11)14)16(15)18(19)21/h2-7,11-16H,8H2,1H3/t11-,12-,13-,14+,15-,16-/m1/s1. The summed E-state index contributed by atoms with van der Waals surface area (Å²) in [4.78, 5) is 27.2. The van der Waals surface area contributed by atoms with Crippen LogP contribution in [0.5, 0.6) is 0 Å². The highest BCUT2D eigenvalue weighted by Crippen LogP contribution is 2.65. The molecule has 6 atom stereocenters. The second kappa shape index (κ2) is 3.65. The predicted octanol–water partition coefficient (Wildman–Crippen LogP) is 2.55. The van der Waals surface area contributed by atoms with Gasteiger partial charge >= 0.3 is 0 Å². The molecule has 0 radical (unpaired) electrons. The number of rotatable bonds is 1. The van der Waals surface area contributed by atoms with Crippen molar-refractivity contribution in [2.24, 2.45) is 35.5 Å². The third-order valence-corrected chi connectivity index (χ3v) is 5.92. The highest BCUT2D eigenvalue weighted by atomic mass is 16.2. The van der Waals surface area contributed by atoms with Crippen molar-refractivity contribution in [1.82, 2.24) is 0 Å². The van der Waals surface area contributed by atoms with Crippen LogP contribution in [-0.4, -0.2) is 11.8 Å². The Morgan fingerprint density at radius 2 is 1.62 bits per heavy atom. The summed E-state index contributed by atoms with van der Waals surface area (Å²) in [7, 11) is 0. The Balaban J connectivity index is 1.60. The molecule has 3 fully saturated rings. The van der Waals surface area contributed by atoms with Crippen molar-refractivity contribution in [3.05, 3.63) is 42.0 Å². The molecule has 1 aliphatic heterocycles. The van der Waals surface area contributed by atoms with E-state index in [-0.39, 0.29) is 23.7 Å². The SMILES string of the molecule is Cc1cccc(N2C(=O)[C@@H]3[C@@H]4C=C[C@H]([C@@H]5C[C@H]45)[C@H]3C2=O)c1. The molecule has 2 amide bonds. The summed E-state index contributed by atoms with van der Waals surface area (Å²) in [5, 5.41) is 0. The fraction of sp³-hybridized carbons (Fsp3) is 0.444. The highest BCUT2D eigenvalue weighted by molar-refractivity contribution is 6.22. The van der Waals surface area contributed by atoms with Crippen molar-refractivity contribution >= 4 is 17.5 Å². The Hall–Kier alpha value is -1.90. The van der Waals surface area contributed by atoms with E-state index in [4.69, 9.17) is 0 Å². The largest absolute Gasteiger partial charge is 0.274 e. The van der Waals surface area contributed by atoms with E-state index in [0.29, 0.717) is 23.7 Å². The molecule has 0 spiro atoms. The number of aryl methyl sites for hydroxylation is 1. The lowest BCUT2D eigenvalue weighted by Gasteiger charge is -2.37. The molecule has 4 aliphatic carbocycles. The number of amides is 2. The Kier molecular flexibility index (Phi) is 2.04. The van der Waals surface area contributed by atoms with Gasteiger partial charge in [0.1, 0.15) is 0 Å². The minimum Gasteiger partial charge on any atom is -0.274 e. The van der Waals surface area contributed by atoms with Gasteiger partial charge in [0.2, 0.25) is 11.8 Å². The van der Waals surface area contributed by atoms with E-state index >= 15 is 0 Å². The molecule has 2 saturated carbocycles. The van der Waals surface area contributed by atoms with Crippen LogP contribution in [-0.2, 0) is 9.59 Å². The summed E-state index contributed by atoms with van der Waals surface area (Å²) in [6.07, 6.45) is 5.64. The average molecular weight is 279 g/mol. The summed E-state index contributed by atoms with van der Waals surface area (Å²) in [5.74, 6) is 1.78. The van der Waals surface area contributed by atoms with Gasteiger partial charge in [-0.25, -0.2) is 0 Å². The van der Waals surface area contributed by atoms with Gasteiger partial charge in [0.15, 0.2) is 0 Å². The van der Waals surface area contributed by atoms with Crippen LogP contribution in [0.2, 0.25) is 0 Å². The van der Waals surface area contributed by atoms with E-state index in [1.165, 1.54) is 11.3 Å². The molecule has 1 aromatic carbocycles. The number of carbonyl (C=O) groups is 2.